The van der Waals surface area contributed by atoms with Crippen LogP contribution in [0.5, 0.6) is 0 Å². The van der Waals surface area contributed by atoms with Crippen molar-refractivity contribution >= 4 is 0 Å². The molecule has 1 unspecified atom stereocenters. The SMILES string of the molecule is CCCCCCCOCC(N)C(C)C. The van der Waals surface area contributed by atoms with Gasteiger partial charge in [-0.05, 0) is 12.3 Å². The molecule has 1 atom stereocenters. The number of rotatable bonds is 9. The molecule has 0 aromatic carbocycles. The van der Waals surface area contributed by atoms with Crippen molar-refractivity contribution in [2.75, 3.05) is 13.2 Å². The summed E-state index contributed by atoms with van der Waals surface area (Å²) in [6.07, 6.45) is 6.48. The number of hydrogen-bond donors (Lipinski definition) is 1. The summed E-state index contributed by atoms with van der Waals surface area (Å²) >= 11 is 0. The van der Waals surface area contributed by atoms with E-state index in [2.05, 4.69) is 20.8 Å². The van der Waals surface area contributed by atoms with Gasteiger partial charge in [-0.25, -0.2) is 0 Å². The molecule has 0 heterocycles. The highest BCUT2D eigenvalue weighted by Gasteiger charge is 2.06. The maximum Gasteiger partial charge on any atom is 0.0619 e. The second kappa shape index (κ2) is 9.47. The molecule has 0 spiro atoms. The average Bonchev–Trinajstić information content (AvgIpc) is 2.16. The molecule has 2 nitrogen and oxygen atoms in total. The third kappa shape index (κ3) is 8.52. The summed E-state index contributed by atoms with van der Waals surface area (Å²) in [5.74, 6) is 0.523. The van der Waals surface area contributed by atoms with Gasteiger partial charge in [0.2, 0.25) is 0 Å². The van der Waals surface area contributed by atoms with Crippen LogP contribution < -0.4 is 5.73 Å². The Kier molecular flexibility index (Phi) is 9.42. The highest BCUT2D eigenvalue weighted by Crippen LogP contribution is 2.03. The zero-order chi connectivity index (χ0) is 10.8. The van der Waals surface area contributed by atoms with E-state index in [0.717, 1.165) is 6.61 Å². The highest BCUT2D eigenvalue weighted by atomic mass is 16.5. The highest BCUT2D eigenvalue weighted by molar-refractivity contribution is 4.63. The zero-order valence-corrected chi connectivity index (χ0v) is 10.1. The van der Waals surface area contributed by atoms with Gasteiger partial charge >= 0.3 is 0 Å². The van der Waals surface area contributed by atoms with E-state index >= 15 is 0 Å². The molecule has 0 rings (SSSR count). The Bertz CT molecular complexity index is 115. The molecule has 0 radical (unpaired) electrons. The molecule has 0 aliphatic carbocycles. The lowest BCUT2D eigenvalue weighted by molar-refractivity contribution is 0.106. The van der Waals surface area contributed by atoms with Gasteiger partial charge in [0.05, 0.1) is 6.61 Å². The quantitative estimate of drug-likeness (QED) is 0.582. The minimum absolute atomic E-state index is 0.200. The van der Waals surface area contributed by atoms with E-state index in [1.54, 1.807) is 0 Å². The third-order valence-electron chi connectivity index (χ3n) is 2.56. The van der Waals surface area contributed by atoms with Crippen molar-refractivity contribution in [1.82, 2.24) is 0 Å². The summed E-state index contributed by atoms with van der Waals surface area (Å²) in [5.41, 5.74) is 5.85. The van der Waals surface area contributed by atoms with Gasteiger partial charge < -0.3 is 10.5 Å². The van der Waals surface area contributed by atoms with Gasteiger partial charge in [-0.2, -0.15) is 0 Å². The van der Waals surface area contributed by atoms with E-state index < -0.39 is 0 Å². The minimum atomic E-state index is 0.200. The maximum atomic E-state index is 5.85. The van der Waals surface area contributed by atoms with Crippen molar-refractivity contribution in [3.8, 4) is 0 Å². The zero-order valence-electron chi connectivity index (χ0n) is 10.1. The normalized spacial score (nSPS) is 13.5. The van der Waals surface area contributed by atoms with Gasteiger partial charge in [-0.15, -0.1) is 0 Å². The Balaban J connectivity index is 3.06. The molecule has 0 amide bonds. The van der Waals surface area contributed by atoms with Gasteiger partial charge in [0.1, 0.15) is 0 Å². The van der Waals surface area contributed by atoms with Crippen molar-refractivity contribution in [3.63, 3.8) is 0 Å². The molecule has 0 aliphatic rings. The van der Waals surface area contributed by atoms with Crippen molar-refractivity contribution < 1.29 is 4.74 Å². The first-order chi connectivity index (χ1) is 6.68. The van der Waals surface area contributed by atoms with Crippen molar-refractivity contribution in [2.45, 2.75) is 58.9 Å². The van der Waals surface area contributed by atoms with Gasteiger partial charge in [-0.3, -0.25) is 0 Å². The Morgan fingerprint density at radius 3 is 2.29 bits per heavy atom. The number of hydrogen-bond acceptors (Lipinski definition) is 2. The third-order valence-corrected chi connectivity index (χ3v) is 2.56. The molecule has 2 heteroatoms. The largest absolute Gasteiger partial charge is 0.380 e. The standard InChI is InChI=1S/C12H27NO/c1-4-5-6-7-8-9-14-10-12(13)11(2)3/h11-12H,4-10,13H2,1-3H3. The molecule has 0 aromatic rings. The second-order valence-corrected chi connectivity index (χ2v) is 4.40. The van der Waals surface area contributed by atoms with Crippen LogP contribution in [0, 0.1) is 5.92 Å². The molecule has 0 saturated heterocycles. The fraction of sp³-hybridized carbons (Fsp3) is 1.00. The Labute approximate surface area is 89.2 Å². The van der Waals surface area contributed by atoms with Gasteiger partial charge in [-0.1, -0.05) is 46.5 Å². The van der Waals surface area contributed by atoms with Crippen LogP contribution >= 0.6 is 0 Å². The fourth-order valence-corrected chi connectivity index (χ4v) is 1.22. The number of nitrogens with two attached hydrogens (primary N) is 1. The topological polar surface area (TPSA) is 35.2 Å². The van der Waals surface area contributed by atoms with Crippen molar-refractivity contribution in [3.05, 3.63) is 0 Å². The molecule has 86 valence electrons. The molecule has 0 aromatic heterocycles. The van der Waals surface area contributed by atoms with Crippen molar-refractivity contribution in [2.24, 2.45) is 11.7 Å². The summed E-state index contributed by atoms with van der Waals surface area (Å²) in [7, 11) is 0. The molecule has 0 fully saturated rings. The van der Waals surface area contributed by atoms with E-state index in [-0.39, 0.29) is 6.04 Å². The molecule has 0 bridgehead atoms. The van der Waals surface area contributed by atoms with E-state index in [9.17, 15) is 0 Å². The first kappa shape index (κ1) is 13.9. The molecule has 14 heavy (non-hydrogen) atoms. The van der Waals surface area contributed by atoms with Crippen LogP contribution in [0.1, 0.15) is 52.9 Å². The van der Waals surface area contributed by atoms with Crippen LogP contribution in [-0.2, 0) is 4.74 Å². The molecular weight excluding hydrogens is 174 g/mol. The van der Waals surface area contributed by atoms with Crippen LogP contribution in [0.15, 0.2) is 0 Å². The maximum absolute atomic E-state index is 5.85. The fourth-order valence-electron chi connectivity index (χ4n) is 1.22. The lowest BCUT2D eigenvalue weighted by Crippen LogP contribution is -2.31. The number of ether oxygens (including phenoxy) is 1. The lowest BCUT2D eigenvalue weighted by Gasteiger charge is -2.15. The predicted octanol–water partition coefficient (Wildman–Crippen LogP) is 2.96. The van der Waals surface area contributed by atoms with Gasteiger partial charge in [0, 0.05) is 12.6 Å². The van der Waals surface area contributed by atoms with Crippen LogP contribution in [0.3, 0.4) is 0 Å². The summed E-state index contributed by atoms with van der Waals surface area (Å²) < 4.78 is 5.51. The molecule has 2 N–H and O–H groups in total. The Morgan fingerprint density at radius 2 is 1.71 bits per heavy atom. The first-order valence-electron chi connectivity index (χ1n) is 6.01. The summed E-state index contributed by atoms with van der Waals surface area (Å²) in [6.45, 7) is 8.10. The summed E-state index contributed by atoms with van der Waals surface area (Å²) in [6, 6.07) is 0.200. The van der Waals surface area contributed by atoms with Gasteiger partial charge in [0.15, 0.2) is 0 Å². The van der Waals surface area contributed by atoms with E-state index in [0.29, 0.717) is 12.5 Å². The predicted molar refractivity (Wildman–Crippen MR) is 62.4 cm³/mol. The lowest BCUT2D eigenvalue weighted by atomic mass is 10.1. The van der Waals surface area contributed by atoms with Crippen molar-refractivity contribution in [1.29, 1.82) is 0 Å². The smallest absolute Gasteiger partial charge is 0.0619 e. The minimum Gasteiger partial charge on any atom is -0.380 e. The van der Waals surface area contributed by atoms with Crippen LogP contribution in [0.2, 0.25) is 0 Å². The first-order valence-corrected chi connectivity index (χ1v) is 6.01. The molecule has 0 saturated carbocycles. The molecule has 0 aliphatic heterocycles. The summed E-state index contributed by atoms with van der Waals surface area (Å²) in [4.78, 5) is 0. The number of unbranched alkanes of at least 4 members (excludes halogenated alkanes) is 4. The Hall–Kier alpha value is -0.0800. The van der Waals surface area contributed by atoms with E-state index in [1.807, 2.05) is 0 Å². The average molecular weight is 201 g/mol. The monoisotopic (exact) mass is 201 g/mol. The van der Waals surface area contributed by atoms with Crippen LogP contribution in [0.25, 0.3) is 0 Å². The van der Waals surface area contributed by atoms with Crippen LogP contribution in [0.4, 0.5) is 0 Å². The second-order valence-electron chi connectivity index (χ2n) is 4.40. The molecular formula is C12H27NO. The van der Waals surface area contributed by atoms with E-state index in [4.69, 9.17) is 10.5 Å². The summed E-state index contributed by atoms with van der Waals surface area (Å²) in [5, 5.41) is 0. The Morgan fingerprint density at radius 1 is 1.07 bits per heavy atom. The van der Waals surface area contributed by atoms with E-state index in [1.165, 1.54) is 32.1 Å². The van der Waals surface area contributed by atoms with Crippen LogP contribution in [-0.4, -0.2) is 19.3 Å². The van der Waals surface area contributed by atoms with Gasteiger partial charge in [0.25, 0.3) is 0 Å².